The predicted octanol–water partition coefficient (Wildman–Crippen LogP) is 1.90. The van der Waals surface area contributed by atoms with Crippen LogP contribution in [-0.2, 0) is 4.79 Å². The van der Waals surface area contributed by atoms with Crippen LogP contribution < -0.4 is 16.0 Å². The summed E-state index contributed by atoms with van der Waals surface area (Å²) < 4.78 is 13.1. The fourth-order valence-electron chi connectivity index (χ4n) is 2.20. The summed E-state index contributed by atoms with van der Waals surface area (Å²) in [7, 11) is 1.91. The Morgan fingerprint density at radius 3 is 2.75 bits per heavy atom. The fraction of sp³-hybridized carbons (Fsp3) is 0.533. The molecule has 0 saturated heterocycles. The molecule has 1 atom stereocenters. The third kappa shape index (κ3) is 4.49. The van der Waals surface area contributed by atoms with Gasteiger partial charge in [0.15, 0.2) is 0 Å². The van der Waals surface area contributed by atoms with Crippen molar-refractivity contribution in [3.05, 3.63) is 30.1 Å². The van der Waals surface area contributed by atoms with E-state index >= 15 is 0 Å². The van der Waals surface area contributed by atoms with E-state index in [9.17, 15) is 9.18 Å². The molecule has 3 N–H and O–H groups in total. The lowest BCUT2D eigenvalue weighted by Crippen LogP contribution is -2.53. The van der Waals surface area contributed by atoms with Crippen molar-refractivity contribution in [3.63, 3.8) is 0 Å². The highest BCUT2D eigenvalue weighted by Crippen LogP contribution is 2.17. The van der Waals surface area contributed by atoms with Gasteiger partial charge in [0.05, 0.1) is 5.54 Å². The van der Waals surface area contributed by atoms with Gasteiger partial charge in [-0.15, -0.1) is 0 Å². The maximum atomic E-state index is 13.1. The van der Waals surface area contributed by atoms with Gasteiger partial charge in [-0.3, -0.25) is 4.79 Å². The molecular weight excluding hydrogens is 257 g/mol. The molecule has 5 heteroatoms. The SMILES string of the molecule is CCNC(C)(CCCN(C)c1cccc(F)c1)C(N)=O. The number of nitrogens with two attached hydrogens (primary N) is 1. The zero-order valence-corrected chi connectivity index (χ0v) is 12.4. The highest BCUT2D eigenvalue weighted by atomic mass is 19.1. The second kappa shape index (κ2) is 7.24. The monoisotopic (exact) mass is 281 g/mol. The van der Waals surface area contributed by atoms with Crippen molar-refractivity contribution in [2.24, 2.45) is 5.73 Å². The molecule has 0 spiro atoms. The van der Waals surface area contributed by atoms with Gasteiger partial charge in [0.1, 0.15) is 5.82 Å². The predicted molar refractivity (Wildman–Crippen MR) is 80.2 cm³/mol. The molecule has 0 aliphatic heterocycles. The number of nitrogens with zero attached hydrogens (tertiary/aromatic N) is 1. The molecule has 0 fully saturated rings. The molecule has 1 unspecified atom stereocenters. The summed E-state index contributed by atoms with van der Waals surface area (Å²) in [6.45, 7) is 5.19. The Balaban J connectivity index is 2.52. The minimum Gasteiger partial charge on any atom is -0.375 e. The van der Waals surface area contributed by atoms with Gasteiger partial charge >= 0.3 is 0 Å². The minimum absolute atomic E-state index is 0.246. The average Bonchev–Trinajstić information content (AvgIpc) is 2.38. The number of nitrogens with one attached hydrogen (secondary N) is 1. The molecule has 0 bridgehead atoms. The van der Waals surface area contributed by atoms with E-state index < -0.39 is 5.54 Å². The summed E-state index contributed by atoms with van der Waals surface area (Å²) in [6.07, 6.45) is 1.44. The van der Waals surface area contributed by atoms with Gasteiger partial charge in [-0.05, 0) is 44.5 Å². The Labute approximate surface area is 120 Å². The van der Waals surface area contributed by atoms with Crippen molar-refractivity contribution in [2.75, 3.05) is 25.0 Å². The zero-order chi connectivity index (χ0) is 15.2. The number of anilines is 1. The van der Waals surface area contributed by atoms with Crippen LogP contribution in [0.4, 0.5) is 10.1 Å². The van der Waals surface area contributed by atoms with E-state index in [0.717, 1.165) is 18.7 Å². The minimum atomic E-state index is -0.683. The third-order valence-corrected chi connectivity index (χ3v) is 3.53. The summed E-state index contributed by atoms with van der Waals surface area (Å²) >= 11 is 0. The maximum Gasteiger partial charge on any atom is 0.237 e. The smallest absolute Gasteiger partial charge is 0.237 e. The molecule has 0 aliphatic carbocycles. The molecule has 20 heavy (non-hydrogen) atoms. The Bertz CT molecular complexity index is 452. The van der Waals surface area contributed by atoms with E-state index in [1.807, 2.05) is 31.9 Å². The number of halogens is 1. The van der Waals surface area contributed by atoms with Crippen molar-refractivity contribution in [2.45, 2.75) is 32.2 Å². The average molecular weight is 281 g/mol. The van der Waals surface area contributed by atoms with E-state index in [1.54, 1.807) is 6.07 Å². The molecule has 1 amide bonds. The molecule has 0 aliphatic rings. The highest BCUT2D eigenvalue weighted by molar-refractivity contribution is 5.84. The zero-order valence-electron chi connectivity index (χ0n) is 12.4. The van der Waals surface area contributed by atoms with Gasteiger partial charge in [0.2, 0.25) is 5.91 Å². The molecule has 0 heterocycles. The summed E-state index contributed by atoms with van der Waals surface area (Å²) in [5, 5.41) is 3.13. The molecule has 4 nitrogen and oxygen atoms in total. The Morgan fingerprint density at radius 1 is 1.50 bits per heavy atom. The molecule has 0 radical (unpaired) electrons. The van der Waals surface area contributed by atoms with E-state index in [1.165, 1.54) is 12.1 Å². The van der Waals surface area contributed by atoms with Crippen LogP contribution >= 0.6 is 0 Å². The van der Waals surface area contributed by atoms with Crippen molar-refractivity contribution in [1.29, 1.82) is 0 Å². The third-order valence-electron chi connectivity index (χ3n) is 3.53. The molecule has 1 rings (SSSR count). The van der Waals surface area contributed by atoms with Gasteiger partial charge < -0.3 is 16.0 Å². The lowest BCUT2D eigenvalue weighted by Gasteiger charge is -2.28. The molecule has 1 aromatic rings. The van der Waals surface area contributed by atoms with E-state index in [-0.39, 0.29) is 11.7 Å². The van der Waals surface area contributed by atoms with Gasteiger partial charge in [-0.1, -0.05) is 13.0 Å². The van der Waals surface area contributed by atoms with Crippen molar-refractivity contribution < 1.29 is 9.18 Å². The first-order valence-electron chi connectivity index (χ1n) is 6.90. The summed E-state index contributed by atoms with van der Waals surface area (Å²) in [6, 6.07) is 6.47. The van der Waals surface area contributed by atoms with Crippen LogP contribution in [0.5, 0.6) is 0 Å². The van der Waals surface area contributed by atoms with E-state index in [2.05, 4.69) is 5.32 Å². The number of benzene rings is 1. The summed E-state index contributed by atoms with van der Waals surface area (Å²) in [5.74, 6) is -0.586. The number of rotatable bonds is 8. The standard InChI is InChI=1S/C15H24FN3O/c1-4-18-15(2,14(17)20)9-6-10-19(3)13-8-5-7-12(16)11-13/h5,7-8,11,18H,4,6,9-10H2,1-3H3,(H2,17,20). The van der Waals surface area contributed by atoms with Crippen molar-refractivity contribution in [1.82, 2.24) is 5.32 Å². The van der Waals surface area contributed by atoms with Crippen molar-refractivity contribution in [3.8, 4) is 0 Å². The van der Waals surface area contributed by atoms with Crippen LogP contribution in [0.15, 0.2) is 24.3 Å². The van der Waals surface area contributed by atoms with Crippen LogP contribution in [0.2, 0.25) is 0 Å². The first kappa shape index (κ1) is 16.4. The Hall–Kier alpha value is -1.62. The van der Waals surface area contributed by atoms with E-state index in [4.69, 9.17) is 5.73 Å². The quantitative estimate of drug-likeness (QED) is 0.765. The molecule has 1 aromatic carbocycles. The van der Waals surface area contributed by atoms with Gasteiger partial charge in [-0.2, -0.15) is 0 Å². The van der Waals surface area contributed by atoms with Gasteiger partial charge in [-0.25, -0.2) is 4.39 Å². The second-order valence-corrected chi connectivity index (χ2v) is 5.23. The first-order valence-corrected chi connectivity index (χ1v) is 6.90. The van der Waals surface area contributed by atoms with Crippen LogP contribution in [-0.4, -0.2) is 31.6 Å². The second-order valence-electron chi connectivity index (χ2n) is 5.23. The lowest BCUT2D eigenvalue weighted by molar-refractivity contribution is -0.124. The number of hydrogen-bond acceptors (Lipinski definition) is 3. The number of primary amides is 1. The number of carbonyl (C=O) groups is 1. The Kier molecular flexibility index (Phi) is 5.95. The number of hydrogen-bond donors (Lipinski definition) is 2. The van der Waals surface area contributed by atoms with E-state index in [0.29, 0.717) is 13.0 Å². The molecule has 0 aromatic heterocycles. The van der Waals surface area contributed by atoms with Crippen molar-refractivity contribution >= 4 is 11.6 Å². The lowest BCUT2D eigenvalue weighted by atomic mass is 9.94. The first-order chi connectivity index (χ1) is 9.39. The normalized spacial score (nSPS) is 13.8. The fourth-order valence-corrected chi connectivity index (χ4v) is 2.20. The number of amides is 1. The topological polar surface area (TPSA) is 58.4 Å². The van der Waals surface area contributed by atoms with Crippen LogP contribution in [0.25, 0.3) is 0 Å². The molecule has 112 valence electrons. The molecular formula is C15H24FN3O. The Morgan fingerprint density at radius 2 is 2.20 bits per heavy atom. The van der Waals surface area contributed by atoms with Crippen LogP contribution in [0.1, 0.15) is 26.7 Å². The van der Waals surface area contributed by atoms with Crippen LogP contribution in [0.3, 0.4) is 0 Å². The summed E-state index contributed by atoms with van der Waals surface area (Å²) in [5.41, 5.74) is 5.59. The number of likely N-dealkylation sites (N-methyl/N-ethyl adjacent to an activating group) is 1. The summed E-state index contributed by atoms with van der Waals surface area (Å²) in [4.78, 5) is 13.5. The molecule has 0 saturated carbocycles. The number of carbonyl (C=O) groups excluding carboxylic acids is 1. The van der Waals surface area contributed by atoms with Crippen LogP contribution in [0, 0.1) is 5.82 Å². The maximum absolute atomic E-state index is 13.1. The highest BCUT2D eigenvalue weighted by Gasteiger charge is 2.29. The van der Waals surface area contributed by atoms with Gasteiger partial charge in [0.25, 0.3) is 0 Å². The largest absolute Gasteiger partial charge is 0.375 e. The van der Waals surface area contributed by atoms with Gasteiger partial charge in [0, 0.05) is 19.3 Å².